The summed E-state index contributed by atoms with van der Waals surface area (Å²) in [6.45, 7) is 3.70. The first-order chi connectivity index (χ1) is 22.2. The van der Waals surface area contributed by atoms with Gasteiger partial charge in [-0.2, -0.15) is 23.4 Å². The Balaban J connectivity index is 1.33. The van der Waals surface area contributed by atoms with Crippen molar-refractivity contribution < 1.29 is 31.9 Å². The normalized spacial score (nSPS) is 21.0. The number of aryl methyl sites for hydroxylation is 1. The number of amides is 2. The molecule has 11 nitrogen and oxygen atoms in total. The van der Waals surface area contributed by atoms with E-state index in [0.717, 1.165) is 6.07 Å². The third-order valence-corrected chi connectivity index (χ3v) is 8.75. The Morgan fingerprint density at radius 2 is 1.98 bits per heavy atom. The van der Waals surface area contributed by atoms with E-state index in [1.807, 2.05) is 17.9 Å². The van der Waals surface area contributed by atoms with E-state index in [0.29, 0.717) is 35.2 Å². The van der Waals surface area contributed by atoms with Crippen LogP contribution in [0.15, 0.2) is 29.3 Å². The minimum absolute atomic E-state index is 0.0993. The number of ether oxygens (including phenoxy) is 1. The number of nitrogens with two attached hydrogens (primary N) is 1. The molecule has 1 aromatic carbocycles. The van der Waals surface area contributed by atoms with Crippen LogP contribution >= 0.6 is 0 Å². The molecule has 3 N–H and O–H groups in total. The first-order valence-corrected chi connectivity index (χ1v) is 14.9. The van der Waals surface area contributed by atoms with Crippen LogP contribution < -0.4 is 20.7 Å². The van der Waals surface area contributed by atoms with Crippen molar-refractivity contribution >= 4 is 23.3 Å². The Bertz CT molecular complexity index is 1890. The Hall–Kier alpha value is -5.13. The van der Waals surface area contributed by atoms with Gasteiger partial charge in [0.15, 0.2) is 0 Å². The number of piperidine rings is 1. The summed E-state index contributed by atoms with van der Waals surface area (Å²) < 4.78 is 61.2. The molecule has 1 saturated heterocycles. The van der Waals surface area contributed by atoms with Gasteiger partial charge in [0.2, 0.25) is 11.8 Å². The number of nitrogens with zero attached hydrogens (tertiary/aromatic N) is 6. The van der Waals surface area contributed by atoms with Gasteiger partial charge < -0.3 is 20.7 Å². The van der Waals surface area contributed by atoms with E-state index in [1.54, 1.807) is 13.0 Å². The van der Waals surface area contributed by atoms with Crippen LogP contribution in [0, 0.1) is 24.1 Å². The summed E-state index contributed by atoms with van der Waals surface area (Å²) in [7, 11) is 1.38. The third kappa shape index (κ3) is 5.84. The molecule has 3 aliphatic rings. The van der Waals surface area contributed by atoms with Gasteiger partial charge in [0.1, 0.15) is 40.3 Å². The van der Waals surface area contributed by atoms with Gasteiger partial charge in [-0.15, -0.1) is 0 Å². The molecule has 6 rings (SSSR count). The number of halogens is 4. The largest absolute Gasteiger partial charge is 0.480 e. The van der Waals surface area contributed by atoms with Crippen molar-refractivity contribution in [1.82, 2.24) is 20.3 Å². The van der Waals surface area contributed by atoms with Crippen LogP contribution in [0.3, 0.4) is 0 Å². The highest BCUT2D eigenvalue weighted by molar-refractivity contribution is 6.16. The molecular weight excluding hydrogens is 620 g/mol. The number of hydrogen-bond acceptors (Lipinski definition) is 9. The zero-order valence-corrected chi connectivity index (χ0v) is 25.7. The Labute approximate surface area is 266 Å². The molecule has 1 saturated carbocycles. The van der Waals surface area contributed by atoms with Gasteiger partial charge in [0.05, 0.1) is 36.2 Å². The smallest absolute Gasteiger partial charge is 0.433 e. The van der Waals surface area contributed by atoms with E-state index >= 15 is 4.39 Å². The molecule has 2 fully saturated rings. The van der Waals surface area contributed by atoms with E-state index in [-0.39, 0.29) is 72.1 Å². The molecule has 0 radical (unpaired) electrons. The van der Waals surface area contributed by atoms with Crippen LogP contribution in [0.1, 0.15) is 72.6 Å². The highest BCUT2D eigenvalue weighted by Crippen LogP contribution is 2.44. The molecule has 1 spiro atoms. The number of hydrogen-bond donors (Lipinski definition) is 2. The highest BCUT2D eigenvalue weighted by Gasteiger charge is 2.49. The second-order valence-electron chi connectivity index (χ2n) is 12.1. The predicted molar refractivity (Wildman–Crippen MR) is 161 cm³/mol. The maximum absolute atomic E-state index is 15.5. The lowest BCUT2D eigenvalue weighted by Crippen LogP contribution is -2.53. The quantitative estimate of drug-likeness (QED) is 0.362. The SMILES string of the molecule is COc1nc(CC(N)=O)nc(C)c1-c1cc(F)c(C#N)c(N2CC[C@]3(C[C@@H]2C)N=C(c2ccc(C(F)(F)F)nc2C2CC2)NC3=O)c1. The van der Waals surface area contributed by atoms with Crippen molar-refractivity contribution in [2.75, 3.05) is 18.6 Å². The number of anilines is 1. The van der Waals surface area contributed by atoms with Gasteiger partial charge in [-0.3, -0.25) is 14.6 Å². The third-order valence-electron chi connectivity index (χ3n) is 8.75. The molecule has 15 heteroatoms. The fourth-order valence-electron chi connectivity index (χ4n) is 6.43. The maximum Gasteiger partial charge on any atom is 0.433 e. The fourth-order valence-corrected chi connectivity index (χ4v) is 6.43. The number of nitrogens with one attached hydrogen (secondary N) is 1. The van der Waals surface area contributed by atoms with Crippen LogP contribution in [0.2, 0.25) is 0 Å². The summed E-state index contributed by atoms with van der Waals surface area (Å²) in [5, 5.41) is 12.7. The number of methoxy groups -OCH3 is 1. The molecule has 3 aromatic rings. The number of rotatable bonds is 7. The van der Waals surface area contributed by atoms with E-state index in [1.165, 1.54) is 19.2 Å². The lowest BCUT2D eigenvalue weighted by Gasteiger charge is -2.42. The average molecular weight is 651 g/mol. The Morgan fingerprint density at radius 3 is 2.60 bits per heavy atom. The molecule has 244 valence electrons. The van der Waals surface area contributed by atoms with Gasteiger partial charge in [0.25, 0.3) is 5.91 Å². The van der Waals surface area contributed by atoms with Crippen molar-refractivity contribution in [1.29, 1.82) is 5.26 Å². The minimum atomic E-state index is -4.60. The summed E-state index contributed by atoms with van der Waals surface area (Å²) >= 11 is 0. The maximum atomic E-state index is 15.5. The molecular formula is C32H30F4N8O3. The first-order valence-electron chi connectivity index (χ1n) is 14.9. The summed E-state index contributed by atoms with van der Waals surface area (Å²) in [6.07, 6.45) is -3.02. The van der Waals surface area contributed by atoms with E-state index < -0.39 is 35.2 Å². The second-order valence-corrected chi connectivity index (χ2v) is 12.1. The van der Waals surface area contributed by atoms with Gasteiger partial charge in [-0.05, 0) is 62.9 Å². The van der Waals surface area contributed by atoms with Gasteiger partial charge >= 0.3 is 6.18 Å². The average Bonchev–Trinajstić information content (AvgIpc) is 3.80. The molecule has 0 bridgehead atoms. The van der Waals surface area contributed by atoms with Crippen molar-refractivity contribution in [2.24, 2.45) is 10.7 Å². The van der Waals surface area contributed by atoms with E-state index in [9.17, 15) is 28.0 Å². The number of pyridine rings is 1. The van der Waals surface area contributed by atoms with Crippen LogP contribution in [-0.2, 0) is 22.2 Å². The number of primary amides is 1. The summed E-state index contributed by atoms with van der Waals surface area (Å²) in [5.74, 6) is -1.50. The van der Waals surface area contributed by atoms with Crippen molar-refractivity contribution in [3.63, 3.8) is 0 Å². The highest BCUT2D eigenvalue weighted by atomic mass is 19.4. The first kappa shape index (κ1) is 31.8. The number of carbonyl (C=O) groups is 2. The van der Waals surface area contributed by atoms with Crippen LogP contribution in [0.4, 0.5) is 23.2 Å². The monoisotopic (exact) mass is 650 g/mol. The number of aliphatic imine (C=N–C) groups is 1. The Kier molecular flexibility index (Phi) is 7.85. The van der Waals surface area contributed by atoms with Gasteiger partial charge in [0, 0.05) is 30.5 Å². The molecule has 2 aromatic heterocycles. The summed E-state index contributed by atoms with van der Waals surface area (Å²) in [6, 6.07) is 6.57. The van der Waals surface area contributed by atoms with Crippen LogP contribution in [0.25, 0.3) is 11.1 Å². The van der Waals surface area contributed by atoms with E-state index in [2.05, 4.69) is 20.3 Å². The van der Waals surface area contributed by atoms with Gasteiger partial charge in [-0.1, -0.05) is 0 Å². The number of benzene rings is 1. The van der Waals surface area contributed by atoms with Crippen molar-refractivity contribution in [3.05, 3.63) is 64.1 Å². The van der Waals surface area contributed by atoms with Crippen molar-refractivity contribution in [2.45, 2.75) is 69.6 Å². The molecule has 2 amide bonds. The van der Waals surface area contributed by atoms with Crippen molar-refractivity contribution in [3.8, 4) is 23.1 Å². The Morgan fingerprint density at radius 1 is 1.23 bits per heavy atom. The topological polar surface area (TPSA) is 159 Å². The molecule has 4 heterocycles. The number of carbonyl (C=O) groups excluding carboxylic acids is 2. The zero-order chi connectivity index (χ0) is 33.8. The number of alkyl halides is 3. The summed E-state index contributed by atoms with van der Waals surface area (Å²) in [5.41, 5.74) is 4.94. The number of amidine groups is 1. The lowest BCUT2D eigenvalue weighted by atomic mass is 9.83. The van der Waals surface area contributed by atoms with Crippen LogP contribution in [0.5, 0.6) is 5.88 Å². The molecule has 47 heavy (non-hydrogen) atoms. The zero-order valence-electron chi connectivity index (χ0n) is 25.7. The fraction of sp³-hybridized carbons (Fsp3) is 0.406. The predicted octanol–water partition coefficient (Wildman–Crippen LogP) is 4.09. The van der Waals surface area contributed by atoms with E-state index in [4.69, 9.17) is 15.5 Å². The molecule has 2 aliphatic heterocycles. The molecule has 2 atom stereocenters. The standard InChI is InChI=1S/C32H30F4N8O3/c1-15-13-31(30(46)42-28(43-31)19-6-7-23(32(34,35)36)40-27(19)17-4-5-17)8-9-44(15)22-11-18(10-21(33)20(22)14-37)26-16(2)39-25(12-24(38)45)41-29(26)47-3/h6-7,10-11,15,17H,4-5,8-9,12-13H2,1-3H3,(H2,38,45)(H,42,43,46)/t15-,31+/m0/s1. The lowest BCUT2D eigenvalue weighted by molar-refractivity contribution is -0.141. The van der Waals surface area contributed by atoms with Crippen LogP contribution in [-0.4, -0.2) is 57.8 Å². The number of nitriles is 1. The number of aromatic nitrogens is 3. The minimum Gasteiger partial charge on any atom is -0.480 e. The summed E-state index contributed by atoms with van der Waals surface area (Å²) in [4.78, 5) is 44.0. The second kappa shape index (κ2) is 11.6. The molecule has 1 aliphatic carbocycles. The molecule has 0 unspecified atom stereocenters. The van der Waals surface area contributed by atoms with Gasteiger partial charge in [-0.25, -0.2) is 14.4 Å².